The van der Waals surface area contributed by atoms with Gasteiger partial charge in [0, 0.05) is 12.1 Å². The van der Waals surface area contributed by atoms with Crippen molar-refractivity contribution in [3.8, 4) is 0 Å². The van der Waals surface area contributed by atoms with Crippen molar-refractivity contribution in [1.82, 2.24) is 9.88 Å². The Morgan fingerprint density at radius 2 is 2.28 bits per heavy atom. The lowest BCUT2D eigenvalue weighted by Crippen LogP contribution is -2.55. The molecule has 1 aliphatic heterocycles. The number of aromatic nitrogens is 1. The third-order valence-electron chi connectivity index (χ3n) is 2.95. The maximum Gasteiger partial charge on any atom is 0.254 e. The van der Waals surface area contributed by atoms with Gasteiger partial charge in [-0.2, -0.15) is 0 Å². The molecule has 0 radical (unpaired) electrons. The predicted octanol–water partition coefficient (Wildman–Crippen LogP) is 1.57. The summed E-state index contributed by atoms with van der Waals surface area (Å²) in [5.74, 6) is 0.149. The van der Waals surface area contributed by atoms with Gasteiger partial charge in [0.15, 0.2) is 0 Å². The lowest BCUT2D eigenvalue weighted by molar-refractivity contribution is -0.0370. The molecular weight excluding hydrogens is 254 g/mol. The first-order valence-corrected chi connectivity index (χ1v) is 6.11. The van der Waals surface area contributed by atoms with E-state index < -0.39 is 0 Å². The fraction of sp³-hybridized carbons (Fsp3) is 0.500. The molecule has 2 heterocycles. The van der Waals surface area contributed by atoms with E-state index in [0.29, 0.717) is 25.3 Å². The van der Waals surface area contributed by atoms with E-state index >= 15 is 0 Å². The number of hydrogen-bond donors (Lipinski definition) is 1. The summed E-state index contributed by atoms with van der Waals surface area (Å²) in [6.45, 7) is 5.56. The third kappa shape index (κ3) is 2.57. The average Bonchev–Trinajstić information content (AvgIpc) is 2.26. The van der Waals surface area contributed by atoms with Gasteiger partial charge in [-0.25, -0.2) is 4.98 Å². The molecule has 2 N–H and O–H groups in total. The molecular formula is C12H16ClN3O2. The molecule has 6 heteroatoms. The Morgan fingerprint density at radius 3 is 2.89 bits per heavy atom. The summed E-state index contributed by atoms with van der Waals surface area (Å²) in [5.41, 5.74) is 5.73. The number of carbonyl (C=O) groups excluding carboxylic acids is 1. The van der Waals surface area contributed by atoms with Gasteiger partial charge in [0.25, 0.3) is 5.91 Å². The Bertz CT molecular complexity index is 456. The molecule has 0 saturated carbocycles. The van der Waals surface area contributed by atoms with E-state index in [0.717, 1.165) is 0 Å². The monoisotopic (exact) mass is 269 g/mol. The first-order chi connectivity index (χ1) is 8.40. The number of nitrogens with two attached hydrogens (primary N) is 1. The van der Waals surface area contributed by atoms with Gasteiger partial charge in [-0.3, -0.25) is 4.79 Å². The van der Waals surface area contributed by atoms with E-state index in [1.807, 2.05) is 13.8 Å². The predicted molar refractivity (Wildman–Crippen MR) is 69.6 cm³/mol. The number of anilines is 1. The molecule has 0 unspecified atom stereocenters. The van der Waals surface area contributed by atoms with Crippen molar-refractivity contribution in [3.05, 3.63) is 22.8 Å². The smallest absolute Gasteiger partial charge is 0.254 e. The lowest BCUT2D eigenvalue weighted by Gasteiger charge is -2.42. The molecule has 1 aromatic heterocycles. The molecule has 0 atom stereocenters. The maximum absolute atomic E-state index is 12.4. The van der Waals surface area contributed by atoms with Crippen LogP contribution in [0.15, 0.2) is 12.1 Å². The summed E-state index contributed by atoms with van der Waals surface area (Å²) in [4.78, 5) is 18.1. The SMILES string of the molecule is CC1(C)COCCN1C(=O)c1cc(N)nc(Cl)c1. The molecule has 0 bridgehead atoms. The highest BCUT2D eigenvalue weighted by Gasteiger charge is 2.34. The summed E-state index contributed by atoms with van der Waals surface area (Å²) in [7, 11) is 0. The van der Waals surface area contributed by atoms with Crippen LogP contribution in [0.25, 0.3) is 0 Å². The Labute approximate surface area is 111 Å². The summed E-state index contributed by atoms with van der Waals surface area (Å²) in [6.07, 6.45) is 0. The first kappa shape index (κ1) is 13.1. The molecule has 1 fully saturated rings. The van der Waals surface area contributed by atoms with Gasteiger partial charge >= 0.3 is 0 Å². The maximum atomic E-state index is 12.4. The van der Waals surface area contributed by atoms with Crippen molar-refractivity contribution in [2.45, 2.75) is 19.4 Å². The zero-order chi connectivity index (χ0) is 13.3. The summed E-state index contributed by atoms with van der Waals surface area (Å²) in [6, 6.07) is 3.07. The van der Waals surface area contributed by atoms with Crippen molar-refractivity contribution in [2.24, 2.45) is 0 Å². The number of nitrogens with zero attached hydrogens (tertiary/aromatic N) is 2. The molecule has 1 amide bonds. The van der Waals surface area contributed by atoms with Crippen molar-refractivity contribution in [1.29, 1.82) is 0 Å². The molecule has 0 spiro atoms. The van der Waals surface area contributed by atoms with E-state index in [9.17, 15) is 4.79 Å². The summed E-state index contributed by atoms with van der Waals surface area (Å²) in [5, 5.41) is 0.226. The largest absolute Gasteiger partial charge is 0.384 e. The third-order valence-corrected chi connectivity index (χ3v) is 3.14. The van der Waals surface area contributed by atoms with Crippen LogP contribution in [0, 0.1) is 0 Å². The Kier molecular flexibility index (Phi) is 3.45. The number of carbonyl (C=O) groups is 1. The average molecular weight is 270 g/mol. The zero-order valence-corrected chi connectivity index (χ0v) is 11.2. The van der Waals surface area contributed by atoms with Crippen LogP contribution in [0.4, 0.5) is 5.82 Å². The van der Waals surface area contributed by atoms with Crippen LogP contribution in [0.1, 0.15) is 24.2 Å². The number of morpholine rings is 1. The van der Waals surface area contributed by atoms with Crippen LogP contribution in [-0.2, 0) is 4.74 Å². The minimum Gasteiger partial charge on any atom is -0.384 e. The van der Waals surface area contributed by atoms with E-state index in [1.165, 1.54) is 6.07 Å². The fourth-order valence-electron chi connectivity index (χ4n) is 2.03. The highest BCUT2D eigenvalue weighted by molar-refractivity contribution is 6.29. The van der Waals surface area contributed by atoms with Gasteiger partial charge in [-0.15, -0.1) is 0 Å². The van der Waals surface area contributed by atoms with E-state index in [2.05, 4.69) is 4.98 Å². The van der Waals surface area contributed by atoms with Gasteiger partial charge < -0.3 is 15.4 Å². The zero-order valence-electron chi connectivity index (χ0n) is 10.4. The lowest BCUT2D eigenvalue weighted by atomic mass is 10.0. The van der Waals surface area contributed by atoms with Crippen LogP contribution in [0.3, 0.4) is 0 Å². The number of hydrogen-bond acceptors (Lipinski definition) is 4. The topological polar surface area (TPSA) is 68.5 Å². The summed E-state index contributed by atoms with van der Waals surface area (Å²) >= 11 is 5.82. The summed E-state index contributed by atoms with van der Waals surface area (Å²) < 4.78 is 5.39. The number of nitrogen functional groups attached to an aromatic ring is 1. The second-order valence-corrected chi connectivity index (χ2v) is 5.31. The van der Waals surface area contributed by atoms with Crippen LogP contribution < -0.4 is 5.73 Å². The highest BCUT2D eigenvalue weighted by atomic mass is 35.5. The van der Waals surface area contributed by atoms with E-state index in [1.54, 1.807) is 11.0 Å². The van der Waals surface area contributed by atoms with Crippen molar-refractivity contribution in [3.63, 3.8) is 0 Å². The van der Waals surface area contributed by atoms with Crippen LogP contribution >= 0.6 is 11.6 Å². The highest BCUT2D eigenvalue weighted by Crippen LogP contribution is 2.23. The van der Waals surface area contributed by atoms with Crippen LogP contribution in [0.5, 0.6) is 0 Å². The molecule has 0 aliphatic carbocycles. The molecule has 2 rings (SSSR count). The number of ether oxygens (including phenoxy) is 1. The van der Waals surface area contributed by atoms with Gasteiger partial charge in [0.1, 0.15) is 11.0 Å². The number of rotatable bonds is 1. The van der Waals surface area contributed by atoms with Crippen LogP contribution in [0.2, 0.25) is 5.15 Å². The Morgan fingerprint density at radius 1 is 1.56 bits per heavy atom. The minimum absolute atomic E-state index is 0.0979. The van der Waals surface area contributed by atoms with Gasteiger partial charge in [0.2, 0.25) is 0 Å². The molecule has 98 valence electrons. The standard InChI is InChI=1S/C12H16ClN3O2/c1-12(2)7-18-4-3-16(12)11(17)8-5-9(13)15-10(14)6-8/h5-6H,3-4,7H2,1-2H3,(H2,14,15). The van der Waals surface area contributed by atoms with Gasteiger partial charge in [-0.05, 0) is 26.0 Å². The minimum atomic E-state index is -0.333. The molecule has 1 aromatic rings. The molecule has 0 aromatic carbocycles. The van der Waals surface area contributed by atoms with Crippen LogP contribution in [-0.4, -0.2) is 41.1 Å². The fourth-order valence-corrected chi connectivity index (χ4v) is 2.25. The van der Waals surface area contributed by atoms with Gasteiger partial charge in [0.05, 0.1) is 18.8 Å². The van der Waals surface area contributed by atoms with Gasteiger partial charge in [-0.1, -0.05) is 11.6 Å². The number of pyridine rings is 1. The normalized spacial score (nSPS) is 18.7. The second-order valence-electron chi connectivity index (χ2n) is 4.93. The second kappa shape index (κ2) is 4.74. The van der Waals surface area contributed by atoms with Crippen molar-refractivity contribution < 1.29 is 9.53 Å². The molecule has 1 saturated heterocycles. The molecule has 1 aliphatic rings. The molecule has 18 heavy (non-hydrogen) atoms. The van der Waals surface area contributed by atoms with Crippen molar-refractivity contribution >= 4 is 23.3 Å². The molecule has 5 nitrogen and oxygen atoms in total. The number of amides is 1. The van der Waals surface area contributed by atoms with E-state index in [-0.39, 0.29) is 22.4 Å². The van der Waals surface area contributed by atoms with Crippen molar-refractivity contribution in [2.75, 3.05) is 25.5 Å². The Hall–Kier alpha value is -1.33. The Balaban J connectivity index is 2.30. The number of halogens is 1. The quantitative estimate of drug-likeness (QED) is 0.786. The van der Waals surface area contributed by atoms with E-state index in [4.69, 9.17) is 22.1 Å². The first-order valence-electron chi connectivity index (χ1n) is 5.73.